The van der Waals surface area contributed by atoms with Crippen LogP contribution in [0.25, 0.3) is 0 Å². The maximum absolute atomic E-state index is 13.6. The SMILES string of the molecule is CC(=O)OC(c1ccccc1)C(CCc1ccccc1)S(=O)(=O)c1ccccc1. The molecule has 0 N–H and O–H groups in total. The molecule has 0 aliphatic carbocycles. The Hall–Kier alpha value is -2.92. The summed E-state index contributed by atoms with van der Waals surface area (Å²) in [5, 5.41) is -0.906. The fourth-order valence-electron chi connectivity index (χ4n) is 3.39. The standard InChI is InChI=1S/C24H24O4S/c1-19(25)28-24(21-13-7-3-8-14-21)23(18-17-20-11-5-2-6-12-20)29(26,27)22-15-9-4-10-16-22/h2-16,23-24H,17-18H2,1H3. The highest BCUT2D eigenvalue weighted by Gasteiger charge is 2.37. The summed E-state index contributed by atoms with van der Waals surface area (Å²) in [5.74, 6) is -0.508. The second-order valence-electron chi connectivity index (χ2n) is 6.86. The molecule has 2 atom stereocenters. The van der Waals surface area contributed by atoms with Gasteiger partial charge in [-0.15, -0.1) is 0 Å². The van der Waals surface area contributed by atoms with E-state index >= 15 is 0 Å². The van der Waals surface area contributed by atoms with Gasteiger partial charge in [0.25, 0.3) is 0 Å². The molecule has 0 amide bonds. The third kappa shape index (κ3) is 5.33. The van der Waals surface area contributed by atoms with Crippen molar-refractivity contribution >= 4 is 15.8 Å². The van der Waals surface area contributed by atoms with E-state index in [9.17, 15) is 13.2 Å². The van der Waals surface area contributed by atoms with Crippen molar-refractivity contribution < 1.29 is 17.9 Å². The summed E-state index contributed by atoms with van der Waals surface area (Å²) >= 11 is 0. The zero-order chi connectivity index (χ0) is 20.7. The average Bonchev–Trinajstić information content (AvgIpc) is 2.74. The van der Waals surface area contributed by atoms with Crippen LogP contribution in [0.2, 0.25) is 0 Å². The molecule has 0 saturated carbocycles. The Morgan fingerprint density at radius 1 is 0.828 bits per heavy atom. The first kappa shape index (κ1) is 20.8. The monoisotopic (exact) mass is 408 g/mol. The Morgan fingerprint density at radius 2 is 1.34 bits per heavy atom. The molecule has 0 aliphatic heterocycles. The van der Waals surface area contributed by atoms with Gasteiger partial charge in [0.2, 0.25) is 0 Å². The molecule has 29 heavy (non-hydrogen) atoms. The van der Waals surface area contributed by atoms with Crippen molar-refractivity contribution in [3.63, 3.8) is 0 Å². The smallest absolute Gasteiger partial charge is 0.303 e. The van der Waals surface area contributed by atoms with E-state index in [1.807, 2.05) is 48.5 Å². The molecule has 5 heteroatoms. The zero-order valence-corrected chi connectivity index (χ0v) is 17.1. The molecule has 3 rings (SSSR count). The maximum atomic E-state index is 13.6. The predicted octanol–water partition coefficient (Wildman–Crippen LogP) is 4.77. The molecular formula is C24H24O4S. The molecule has 150 valence electrons. The number of rotatable bonds is 8. The van der Waals surface area contributed by atoms with E-state index in [-0.39, 0.29) is 4.90 Å². The minimum Gasteiger partial charge on any atom is -0.456 e. The molecule has 0 radical (unpaired) electrons. The summed E-state index contributed by atoms with van der Waals surface area (Å²) < 4.78 is 32.7. The number of carbonyl (C=O) groups is 1. The first-order valence-electron chi connectivity index (χ1n) is 9.53. The van der Waals surface area contributed by atoms with Crippen molar-refractivity contribution in [2.24, 2.45) is 0 Å². The highest BCUT2D eigenvalue weighted by atomic mass is 32.2. The summed E-state index contributed by atoms with van der Waals surface area (Å²) in [6.45, 7) is 1.30. The maximum Gasteiger partial charge on any atom is 0.303 e. The number of sulfone groups is 1. The molecule has 0 bridgehead atoms. The Morgan fingerprint density at radius 3 is 1.90 bits per heavy atom. The van der Waals surface area contributed by atoms with Gasteiger partial charge in [0, 0.05) is 6.92 Å². The lowest BCUT2D eigenvalue weighted by molar-refractivity contribution is -0.146. The highest BCUT2D eigenvalue weighted by Crippen LogP contribution is 2.33. The second kappa shape index (κ2) is 9.52. The number of hydrogen-bond donors (Lipinski definition) is 0. The van der Waals surface area contributed by atoms with Crippen LogP contribution in [-0.4, -0.2) is 19.6 Å². The van der Waals surface area contributed by atoms with E-state index in [2.05, 4.69) is 0 Å². The molecule has 4 nitrogen and oxygen atoms in total. The van der Waals surface area contributed by atoms with E-state index in [1.54, 1.807) is 42.5 Å². The van der Waals surface area contributed by atoms with E-state index in [0.717, 1.165) is 5.56 Å². The molecule has 3 aromatic rings. The predicted molar refractivity (Wildman–Crippen MR) is 113 cm³/mol. The molecular weight excluding hydrogens is 384 g/mol. The normalized spacial score (nSPS) is 13.4. The van der Waals surface area contributed by atoms with Gasteiger partial charge in [0.15, 0.2) is 9.84 Å². The fraction of sp³-hybridized carbons (Fsp3) is 0.208. The van der Waals surface area contributed by atoms with Crippen LogP contribution in [-0.2, 0) is 25.8 Å². The van der Waals surface area contributed by atoms with Gasteiger partial charge in [-0.1, -0.05) is 78.9 Å². The number of esters is 1. The lowest BCUT2D eigenvalue weighted by Gasteiger charge is -2.27. The Labute approximate surface area is 172 Å². The molecule has 2 unspecified atom stereocenters. The molecule has 0 fully saturated rings. The van der Waals surface area contributed by atoms with Crippen LogP contribution in [0.5, 0.6) is 0 Å². The van der Waals surface area contributed by atoms with E-state index in [1.165, 1.54) is 6.92 Å². The van der Waals surface area contributed by atoms with Gasteiger partial charge < -0.3 is 4.74 Å². The van der Waals surface area contributed by atoms with Crippen LogP contribution in [0.3, 0.4) is 0 Å². The third-order valence-electron chi connectivity index (χ3n) is 4.79. The van der Waals surface area contributed by atoms with E-state index in [4.69, 9.17) is 4.74 Å². The largest absolute Gasteiger partial charge is 0.456 e. The van der Waals surface area contributed by atoms with Crippen molar-refractivity contribution in [1.82, 2.24) is 0 Å². The number of ether oxygens (including phenoxy) is 1. The fourth-order valence-corrected chi connectivity index (χ4v) is 5.24. The van der Waals surface area contributed by atoms with Crippen molar-refractivity contribution in [3.05, 3.63) is 102 Å². The van der Waals surface area contributed by atoms with Gasteiger partial charge in [-0.25, -0.2) is 8.42 Å². The molecule has 0 aliphatic rings. The van der Waals surface area contributed by atoms with Crippen molar-refractivity contribution in [2.75, 3.05) is 0 Å². The van der Waals surface area contributed by atoms with Crippen molar-refractivity contribution in [1.29, 1.82) is 0 Å². The lowest BCUT2D eigenvalue weighted by atomic mass is 10.0. The van der Waals surface area contributed by atoms with Crippen molar-refractivity contribution in [2.45, 2.75) is 36.0 Å². The van der Waals surface area contributed by atoms with E-state index in [0.29, 0.717) is 18.4 Å². The summed E-state index contributed by atoms with van der Waals surface area (Å²) in [6.07, 6.45) is -0.00130. The number of carbonyl (C=O) groups excluding carboxylic acids is 1. The number of hydrogen-bond acceptors (Lipinski definition) is 4. The van der Waals surface area contributed by atoms with Gasteiger partial charge in [-0.2, -0.15) is 0 Å². The van der Waals surface area contributed by atoms with Crippen LogP contribution in [0, 0.1) is 0 Å². The van der Waals surface area contributed by atoms with Crippen LogP contribution in [0.1, 0.15) is 30.6 Å². The topological polar surface area (TPSA) is 60.4 Å². The Balaban J connectivity index is 2.03. The minimum atomic E-state index is -3.74. The Kier molecular flexibility index (Phi) is 6.83. The molecule has 0 aromatic heterocycles. The van der Waals surface area contributed by atoms with Crippen LogP contribution < -0.4 is 0 Å². The van der Waals surface area contributed by atoms with E-state index < -0.39 is 27.2 Å². The van der Waals surface area contributed by atoms with Crippen molar-refractivity contribution in [3.8, 4) is 0 Å². The lowest BCUT2D eigenvalue weighted by Crippen LogP contribution is -2.32. The Bertz CT molecular complexity index is 1020. The van der Waals surface area contributed by atoms with Gasteiger partial charge in [0.1, 0.15) is 11.4 Å². The summed E-state index contributed by atoms with van der Waals surface area (Å²) in [4.78, 5) is 12.1. The quantitative estimate of drug-likeness (QED) is 0.504. The van der Waals surface area contributed by atoms with Crippen LogP contribution in [0.15, 0.2) is 95.9 Å². The summed E-state index contributed by atoms with van der Waals surface area (Å²) in [6, 6.07) is 27.1. The molecule has 0 spiro atoms. The first-order valence-corrected chi connectivity index (χ1v) is 11.1. The zero-order valence-electron chi connectivity index (χ0n) is 16.3. The second-order valence-corrected chi connectivity index (χ2v) is 9.03. The highest BCUT2D eigenvalue weighted by molar-refractivity contribution is 7.92. The molecule has 0 heterocycles. The first-order chi connectivity index (χ1) is 14.0. The summed E-state index contributed by atoms with van der Waals surface area (Å²) in [7, 11) is -3.74. The van der Waals surface area contributed by atoms with Crippen LogP contribution >= 0.6 is 0 Å². The molecule has 0 saturated heterocycles. The van der Waals surface area contributed by atoms with Gasteiger partial charge in [-0.3, -0.25) is 4.79 Å². The van der Waals surface area contributed by atoms with Gasteiger partial charge in [0.05, 0.1) is 4.90 Å². The van der Waals surface area contributed by atoms with Gasteiger partial charge in [-0.05, 0) is 36.1 Å². The van der Waals surface area contributed by atoms with Crippen LogP contribution in [0.4, 0.5) is 0 Å². The number of benzene rings is 3. The third-order valence-corrected chi connectivity index (χ3v) is 7.00. The van der Waals surface area contributed by atoms with Gasteiger partial charge >= 0.3 is 5.97 Å². The number of aryl methyl sites for hydroxylation is 1. The molecule has 3 aromatic carbocycles. The average molecular weight is 409 g/mol. The summed E-state index contributed by atoms with van der Waals surface area (Å²) in [5.41, 5.74) is 1.70. The minimum absolute atomic E-state index is 0.228.